The number of aromatic amines is 1. The number of hydrogen-bond donors (Lipinski definition) is 1. The van der Waals surface area contributed by atoms with Crippen molar-refractivity contribution in [3.63, 3.8) is 0 Å². The number of para-hydroxylation sites is 1. The van der Waals surface area contributed by atoms with Gasteiger partial charge < -0.3 is 10.9 Å². The Kier molecular flexibility index (Phi) is 12.4. The van der Waals surface area contributed by atoms with Gasteiger partial charge in [-0.3, -0.25) is 0 Å². The monoisotopic (exact) mass is 606 g/mol. The molecule has 0 aliphatic heterocycles. The number of rotatable bonds is 5. The smallest absolute Gasteiger partial charge is 1.00 e. The predicted octanol–water partition coefficient (Wildman–Crippen LogP) is 1.88. The molecule has 0 atom stereocenters. The van der Waals surface area contributed by atoms with Crippen molar-refractivity contribution in [1.29, 1.82) is 0 Å². The van der Waals surface area contributed by atoms with Crippen LogP contribution in [0, 0.1) is 0 Å². The van der Waals surface area contributed by atoms with Gasteiger partial charge in [0.05, 0.1) is 14.2 Å². The molecule has 0 radical (unpaired) electrons. The van der Waals surface area contributed by atoms with Crippen molar-refractivity contribution in [1.82, 2.24) is 50.3 Å². The summed E-state index contributed by atoms with van der Waals surface area (Å²) in [6.45, 7) is 0. The number of ether oxygens (including phenoxy) is 2. The van der Waals surface area contributed by atoms with Crippen LogP contribution >= 0.6 is 35.1 Å². The SMILES string of the molecule is COc1cccc2c1nnn2-c1ccnc(SC)n1.COc1cccc2n[nH]nc12.CSc1nccc(Cl)n1.[H-].[Na+]. The maximum Gasteiger partial charge on any atom is 1.00 e. The van der Waals surface area contributed by atoms with E-state index in [0.29, 0.717) is 32.6 Å². The van der Waals surface area contributed by atoms with Crippen LogP contribution in [0.25, 0.3) is 27.9 Å². The summed E-state index contributed by atoms with van der Waals surface area (Å²) in [6.07, 6.45) is 7.19. The van der Waals surface area contributed by atoms with Crippen molar-refractivity contribution in [2.45, 2.75) is 10.3 Å². The molecular formula is C24H24ClN10NaO2S2. The molecule has 0 amide bonds. The number of benzene rings is 2. The van der Waals surface area contributed by atoms with Crippen LogP contribution in [0.5, 0.6) is 11.5 Å². The van der Waals surface area contributed by atoms with E-state index in [2.05, 4.69) is 45.7 Å². The summed E-state index contributed by atoms with van der Waals surface area (Å²) in [5.41, 5.74) is 3.17. The molecule has 6 rings (SSSR count). The topological polar surface area (TPSA) is 142 Å². The van der Waals surface area contributed by atoms with E-state index in [4.69, 9.17) is 21.1 Å². The first-order valence-corrected chi connectivity index (χ1v) is 14.0. The van der Waals surface area contributed by atoms with Crippen LogP contribution in [0.1, 0.15) is 1.43 Å². The molecule has 6 aromatic rings. The van der Waals surface area contributed by atoms with Gasteiger partial charge in [-0.1, -0.05) is 52.5 Å². The van der Waals surface area contributed by atoms with Crippen LogP contribution in [-0.4, -0.2) is 77.1 Å². The number of nitrogens with zero attached hydrogens (tertiary/aromatic N) is 9. The molecule has 0 saturated carbocycles. The third-order valence-electron chi connectivity index (χ3n) is 4.99. The molecular weight excluding hydrogens is 583 g/mol. The Balaban J connectivity index is 0.000000229. The van der Waals surface area contributed by atoms with Crippen molar-refractivity contribution in [3.8, 4) is 17.3 Å². The number of halogens is 1. The molecule has 0 aliphatic rings. The largest absolute Gasteiger partial charge is 1.00 e. The molecule has 0 unspecified atom stereocenters. The van der Waals surface area contributed by atoms with Crippen molar-refractivity contribution in [3.05, 3.63) is 66.1 Å². The Hall–Kier alpha value is -3.01. The molecule has 4 heterocycles. The first-order chi connectivity index (χ1) is 19.1. The predicted molar refractivity (Wildman–Crippen MR) is 153 cm³/mol. The van der Waals surface area contributed by atoms with Gasteiger partial charge in [0.15, 0.2) is 27.2 Å². The summed E-state index contributed by atoms with van der Waals surface area (Å²) in [6, 6.07) is 14.7. The fourth-order valence-corrected chi connectivity index (χ4v) is 4.12. The van der Waals surface area contributed by atoms with E-state index in [1.165, 1.54) is 23.5 Å². The number of methoxy groups -OCH3 is 2. The van der Waals surface area contributed by atoms with Gasteiger partial charge in [0.2, 0.25) is 0 Å². The van der Waals surface area contributed by atoms with Gasteiger partial charge in [0.25, 0.3) is 0 Å². The van der Waals surface area contributed by atoms with Crippen LogP contribution in [0.2, 0.25) is 5.15 Å². The molecule has 12 nitrogen and oxygen atoms in total. The first kappa shape index (κ1) is 31.5. The minimum absolute atomic E-state index is 0. The van der Waals surface area contributed by atoms with Crippen molar-refractivity contribution < 1.29 is 40.5 Å². The Morgan fingerprint density at radius 1 is 0.825 bits per heavy atom. The number of nitrogens with one attached hydrogen (secondary N) is 1. The van der Waals surface area contributed by atoms with E-state index in [9.17, 15) is 0 Å². The zero-order chi connectivity index (χ0) is 27.6. The second-order valence-electron chi connectivity index (χ2n) is 7.25. The maximum absolute atomic E-state index is 5.56. The standard InChI is InChI=1S/C12H11N5OS.C7H7N3O.C5H5ClN2S.Na.H/c1-18-9-5-3-4-8-11(9)15-16-17(8)10-6-7-13-12(14-10)19-2;1-11-6-4-2-3-5-7(6)9-10-8-5;1-9-5-7-3-2-4(6)8-5;;/h3-7H,1-2H3;2-4H,1H3,(H,8,9,10);2-3H,1H3;;/q;;;+1;-1. The number of thioether (sulfide) groups is 2. The summed E-state index contributed by atoms with van der Waals surface area (Å²) >= 11 is 8.52. The minimum Gasteiger partial charge on any atom is -1.00 e. The van der Waals surface area contributed by atoms with E-state index >= 15 is 0 Å². The number of aromatic nitrogens is 10. The van der Waals surface area contributed by atoms with Gasteiger partial charge in [-0.05, 0) is 42.8 Å². The Morgan fingerprint density at radius 2 is 1.48 bits per heavy atom. The van der Waals surface area contributed by atoms with E-state index in [-0.39, 0.29) is 31.0 Å². The van der Waals surface area contributed by atoms with Gasteiger partial charge in [0, 0.05) is 18.5 Å². The third-order valence-corrected chi connectivity index (χ3v) is 6.32. The molecule has 202 valence electrons. The van der Waals surface area contributed by atoms with Crippen molar-refractivity contribution >= 4 is 57.2 Å². The summed E-state index contributed by atoms with van der Waals surface area (Å²) in [4.78, 5) is 16.4. The zero-order valence-corrected chi connectivity index (χ0v) is 26.7. The van der Waals surface area contributed by atoms with Gasteiger partial charge in [-0.15, -0.1) is 5.10 Å². The molecule has 2 aromatic carbocycles. The van der Waals surface area contributed by atoms with Crippen LogP contribution in [0.3, 0.4) is 0 Å². The average molecular weight is 607 g/mol. The zero-order valence-electron chi connectivity index (χ0n) is 23.3. The molecule has 0 bridgehead atoms. The normalized spacial score (nSPS) is 10.1. The van der Waals surface area contributed by atoms with Crippen molar-refractivity contribution in [2.24, 2.45) is 0 Å². The fourth-order valence-electron chi connectivity index (χ4n) is 3.23. The summed E-state index contributed by atoms with van der Waals surface area (Å²) in [5, 5.41) is 20.6. The molecule has 40 heavy (non-hydrogen) atoms. The maximum atomic E-state index is 5.56. The summed E-state index contributed by atoms with van der Waals surface area (Å²) < 4.78 is 12.0. The molecule has 4 aromatic heterocycles. The molecule has 16 heteroatoms. The van der Waals surface area contributed by atoms with Crippen LogP contribution < -0.4 is 39.0 Å². The minimum atomic E-state index is 0. The summed E-state index contributed by atoms with van der Waals surface area (Å²) in [5.74, 6) is 2.13. The van der Waals surface area contributed by atoms with Crippen LogP contribution in [0.4, 0.5) is 0 Å². The van der Waals surface area contributed by atoms with Gasteiger partial charge >= 0.3 is 29.6 Å². The second-order valence-corrected chi connectivity index (χ2v) is 9.18. The van der Waals surface area contributed by atoms with Gasteiger partial charge in [-0.25, -0.2) is 19.9 Å². The average Bonchev–Trinajstić information content (AvgIpc) is 3.65. The second kappa shape index (κ2) is 15.7. The van der Waals surface area contributed by atoms with E-state index in [1.807, 2.05) is 48.9 Å². The Morgan fingerprint density at radius 3 is 2.12 bits per heavy atom. The molecule has 0 spiro atoms. The van der Waals surface area contributed by atoms with Crippen LogP contribution in [0.15, 0.2) is 71.2 Å². The summed E-state index contributed by atoms with van der Waals surface area (Å²) in [7, 11) is 3.23. The van der Waals surface area contributed by atoms with E-state index in [1.54, 1.807) is 43.4 Å². The van der Waals surface area contributed by atoms with Gasteiger partial charge in [0.1, 0.15) is 27.7 Å². The molecule has 1 N–H and O–H groups in total. The molecule has 0 fully saturated rings. The van der Waals surface area contributed by atoms with E-state index in [0.717, 1.165) is 22.3 Å². The first-order valence-electron chi connectivity index (χ1n) is 11.2. The number of hydrogen-bond acceptors (Lipinski definition) is 12. The van der Waals surface area contributed by atoms with E-state index < -0.39 is 0 Å². The third kappa shape index (κ3) is 7.80. The van der Waals surface area contributed by atoms with Crippen LogP contribution in [-0.2, 0) is 0 Å². The molecule has 0 saturated heterocycles. The molecule has 0 aliphatic carbocycles. The fraction of sp³-hybridized carbons (Fsp3) is 0.167. The number of H-pyrrole nitrogens is 1. The quantitative estimate of drug-likeness (QED) is 0.132. The van der Waals surface area contributed by atoms with Crippen molar-refractivity contribution in [2.75, 3.05) is 26.7 Å². The Bertz CT molecular complexity index is 1680. The van der Waals surface area contributed by atoms with Gasteiger partial charge in [-0.2, -0.15) is 20.1 Å². The number of fused-ring (bicyclic) bond motifs is 2. The Labute approximate surface area is 266 Å².